The van der Waals surface area contributed by atoms with Crippen molar-refractivity contribution in [1.82, 2.24) is 4.98 Å². The zero-order chi connectivity index (χ0) is 13.0. The molecule has 0 atom stereocenters. The molecular formula is C16H18N2. The van der Waals surface area contributed by atoms with Crippen molar-refractivity contribution >= 4 is 6.21 Å². The number of hydrogen-bond donors (Lipinski definition) is 0. The largest absolute Gasteiger partial charge is 0.296 e. The molecule has 1 aromatic carbocycles. The average molecular weight is 238 g/mol. The summed E-state index contributed by atoms with van der Waals surface area (Å²) in [7, 11) is 1.78. The number of hydrogen-bond acceptors (Lipinski definition) is 2. The van der Waals surface area contributed by atoms with E-state index in [1.165, 1.54) is 11.1 Å². The number of aryl methyl sites for hydroxylation is 2. The third-order valence-electron chi connectivity index (χ3n) is 3.03. The summed E-state index contributed by atoms with van der Waals surface area (Å²) in [5.74, 6) is 0. The van der Waals surface area contributed by atoms with Crippen LogP contribution >= 0.6 is 0 Å². The van der Waals surface area contributed by atoms with Crippen LogP contribution in [-0.4, -0.2) is 18.2 Å². The first-order valence-electron chi connectivity index (χ1n) is 6.23. The lowest BCUT2D eigenvalue weighted by Gasteiger charge is -2.06. The van der Waals surface area contributed by atoms with E-state index in [4.69, 9.17) is 0 Å². The fourth-order valence-electron chi connectivity index (χ4n) is 1.96. The quantitative estimate of drug-likeness (QED) is 0.749. The number of pyridine rings is 1. The molecule has 0 N–H and O–H groups in total. The highest BCUT2D eigenvalue weighted by Gasteiger charge is 2.03. The monoisotopic (exact) mass is 238 g/mol. The van der Waals surface area contributed by atoms with Gasteiger partial charge in [-0.1, -0.05) is 25.1 Å². The molecule has 0 aliphatic rings. The van der Waals surface area contributed by atoms with Crippen LogP contribution in [0.4, 0.5) is 0 Å². The molecule has 2 aromatic rings. The minimum atomic E-state index is 1.01. The Morgan fingerprint density at radius 1 is 1.22 bits per heavy atom. The van der Waals surface area contributed by atoms with Gasteiger partial charge in [0.15, 0.2) is 0 Å². The van der Waals surface area contributed by atoms with E-state index in [0.717, 1.165) is 23.4 Å². The molecule has 2 nitrogen and oxygen atoms in total. The second-order valence-corrected chi connectivity index (χ2v) is 4.31. The number of benzene rings is 1. The molecule has 0 radical (unpaired) electrons. The average Bonchev–Trinajstić information content (AvgIpc) is 2.41. The van der Waals surface area contributed by atoms with Crippen molar-refractivity contribution in [2.24, 2.45) is 4.99 Å². The zero-order valence-corrected chi connectivity index (χ0v) is 11.1. The van der Waals surface area contributed by atoms with Gasteiger partial charge in [-0.3, -0.25) is 9.98 Å². The molecule has 0 bridgehead atoms. The van der Waals surface area contributed by atoms with Crippen molar-refractivity contribution in [2.45, 2.75) is 20.3 Å². The highest BCUT2D eigenvalue weighted by molar-refractivity contribution is 5.81. The van der Waals surface area contributed by atoms with Gasteiger partial charge in [0, 0.05) is 30.1 Å². The van der Waals surface area contributed by atoms with Gasteiger partial charge in [0.05, 0.1) is 5.69 Å². The first-order chi connectivity index (χ1) is 8.74. The fourth-order valence-corrected chi connectivity index (χ4v) is 1.96. The van der Waals surface area contributed by atoms with Crippen molar-refractivity contribution < 1.29 is 0 Å². The Hall–Kier alpha value is -1.96. The highest BCUT2D eigenvalue weighted by atomic mass is 14.7. The van der Waals surface area contributed by atoms with Crippen LogP contribution in [0, 0.1) is 6.92 Å². The van der Waals surface area contributed by atoms with Crippen LogP contribution in [0.15, 0.2) is 41.4 Å². The lowest BCUT2D eigenvalue weighted by molar-refractivity contribution is 1.13. The predicted molar refractivity (Wildman–Crippen MR) is 77.3 cm³/mol. The van der Waals surface area contributed by atoms with Crippen LogP contribution in [0.2, 0.25) is 0 Å². The van der Waals surface area contributed by atoms with Gasteiger partial charge < -0.3 is 0 Å². The molecule has 1 heterocycles. The van der Waals surface area contributed by atoms with E-state index >= 15 is 0 Å². The first-order valence-corrected chi connectivity index (χ1v) is 6.23. The van der Waals surface area contributed by atoms with Crippen LogP contribution in [0.3, 0.4) is 0 Å². The standard InChI is InChI=1S/C16H18N2/c1-4-13-6-5-7-14(10-13)16-9-8-15(11-17-3)12(2)18-16/h5-11H,4H2,1-3H3. The van der Waals surface area contributed by atoms with Crippen molar-refractivity contribution in [2.75, 3.05) is 7.05 Å². The van der Waals surface area contributed by atoms with E-state index < -0.39 is 0 Å². The summed E-state index contributed by atoms with van der Waals surface area (Å²) in [5.41, 5.74) is 5.63. The minimum Gasteiger partial charge on any atom is -0.296 e. The third-order valence-corrected chi connectivity index (χ3v) is 3.03. The Morgan fingerprint density at radius 2 is 2.06 bits per heavy atom. The highest BCUT2D eigenvalue weighted by Crippen LogP contribution is 2.20. The summed E-state index contributed by atoms with van der Waals surface area (Å²) in [6, 6.07) is 12.7. The number of rotatable bonds is 3. The van der Waals surface area contributed by atoms with Crippen molar-refractivity contribution in [1.29, 1.82) is 0 Å². The van der Waals surface area contributed by atoms with Crippen LogP contribution in [0.1, 0.15) is 23.7 Å². The maximum absolute atomic E-state index is 4.65. The van der Waals surface area contributed by atoms with Gasteiger partial charge in [-0.15, -0.1) is 0 Å². The van der Waals surface area contributed by atoms with Crippen LogP contribution in [-0.2, 0) is 6.42 Å². The summed E-state index contributed by atoms with van der Waals surface area (Å²) < 4.78 is 0. The number of aromatic nitrogens is 1. The maximum Gasteiger partial charge on any atom is 0.0705 e. The van der Waals surface area contributed by atoms with Gasteiger partial charge in [0.1, 0.15) is 0 Å². The molecule has 1 aromatic heterocycles. The second kappa shape index (κ2) is 5.58. The molecule has 2 heteroatoms. The van der Waals surface area contributed by atoms with Crippen molar-refractivity contribution in [3.63, 3.8) is 0 Å². The van der Waals surface area contributed by atoms with Crippen molar-refractivity contribution in [3.05, 3.63) is 53.2 Å². The molecule has 0 amide bonds. The molecule has 0 spiro atoms. The predicted octanol–water partition coefficient (Wildman–Crippen LogP) is 3.67. The summed E-state index contributed by atoms with van der Waals surface area (Å²) in [6.07, 6.45) is 2.89. The minimum absolute atomic E-state index is 1.01. The van der Waals surface area contributed by atoms with Gasteiger partial charge in [-0.2, -0.15) is 0 Å². The van der Waals surface area contributed by atoms with E-state index in [2.05, 4.69) is 53.3 Å². The van der Waals surface area contributed by atoms with Gasteiger partial charge in [0.25, 0.3) is 0 Å². The Kier molecular flexibility index (Phi) is 3.88. The van der Waals surface area contributed by atoms with Crippen molar-refractivity contribution in [3.8, 4) is 11.3 Å². The fraction of sp³-hybridized carbons (Fsp3) is 0.250. The Balaban J connectivity index is 2.42. The lowest BCUT2D eigenvalue weighted by atomic mass is 10.0. The summed E-state index contributed by atoms with van der Waals surface area (Å²) in [5, 5.41) is 0. The molecule has 0 unspecified atom stereocenters. The Labute approximate surface area is 108 Å². The van der Waals surface area contributed by atoms with Gasteiger partial charge in [0.2, 0.25) is 0 Å². The molecule has 0 fully saturated rings. The third kappa shape index (κ3) is 2.65. The number of nitrogens with zero attached hydrogens (tertiary/aromatic N) is 2. The molecule has 0 saturated carbocycles. The molecule has 0 aliphatic carbocycles. The van der Waals surface area contributed by atoms with E-state index in [0.29, 0.717) is 0 Å². The summed E-state index contributed by atoms with van der Waals surface area (Å²) in [6.45, 7) is 4.18. The molecule has 92 valence electrons. The van der Waals surface area contributed by atoms with E-state index in [1.54, 1.807) is 7.05 Å². The molecule has 0 aliphatic heterocycles. The van der Waals surface area contributed by atoms with Crippen LogP contribution in [0.25, 0.3) is 11.3 Å². The normalized spacial score (nSPS) is 11.1. The summed E-state index contributed by atoms with van der Waals surface area (Å²) >= 11 is 0. The van der Waals surface area contributed by atoms with E-state index in [-0.39, 0.29) is 0 Å². The molecule has 2 rings (SSSR count). The number of aliphatic imine (C=N–C) groups is 1. The zero-order valence-electron chi connectivity index (χ0n) is 11.1. The van der Waals surface area contributed by atoms with Gasteiger partial charge in [-0.05, 0) is 37.1 Å². The SMILES string of the molecule is CCc1cccc(-c2ccc(C=NC)c(C)n2)c1. The van der Waals surface area contributed by atoms with Crippen LogP contribution in [0.5, 0.6) is 0 Å². The second-order valence-electron chi connectivity index (χ2n) is 4.31. The van der Waals surface area contributed by atoms with Crippen LogP contribution < -0.4 is 0 Å². The summed E-state index contributed by atoms with van der Waals surface area (Å²) in [4.78, 5) is 8.68. The first kappa shape index (κ1) is 12.5. The molecular weight excluding hydrogens is 220 g/mol. The lowest BCUT2D eigenvalue weighted by Crippen LogP contribution is -1.94. The topological polar surface area (TPSA) is 25.2 Å². The smallest absolute Gasteiger partial charge is 0.0705 e. The molecule has 18 heavy (non-hydrogen) atoms. The van der Waals surface area contributed by atoms with E-state index in [9.17, 15) is 0 Å². The Morgan fingerprint density at radius 3 is 2.72 bits per heavy atom. The molecule has 0 saturated heterocycles. The van der Waals surface area contributed by atoms with Gasteiger partial charge >= 0.3 is 0 Å². The van der Waals surface area contributed by atoms with Gasteiger partial charge in [-0.25, -0.2) is 0 Å². The van der Waals surface area contributed by atoms with E-state index in [1.807, 2.05) is 13.1 Å². The Bertz CT molecular complexity index is 571. The maximum atomic E-state index is 4.65.